The first-order valence-electron chi connectivity index (χ1n) is 7.33. The van der Waals surface area contributed by atoms with E-state index in [2.05, 4.69) is 15.8 Å². The van der Waals surface area contributed by atoms with Gasteiger partial charge in [0.2, 0.25) is 0 Å². The number of H-pyrrole nitrogens is 1. The van der Waals surface area contributed by atoms with E-state index in [0.717, 1.165) is 32.6 Å². The molecule has 0 amide bonds. The first-order chi connectivity index (χ1) is 11.6. The lowest BCUT2D eigenvalue weighted by molar-refractivity contribution is -0.136. The number of anilines is 1. The molecule has 0 saturated carbocycles. The van der Waals surface area contributed by atoms with Crippen molar-refractivity contribution < 1.29 is 9.90 Å². The van der Waals surface area contributed by atoms with Crippen LogP contribution in [0.1, 0.15) is 16.7 Å². The summed E-state index contributed by atoms with van der Waals surface area (Å²) in [6.07, 6.45) is 1.71. The van der Waals surface area contributed by atoms with Crippen LogP contribution in [0.2, 0.25) is 0 Å². The van der Waals surface area contributed by atoms with Crippen LogP contribution in [-0.2, 0) is 11.2 Å². The van der Waals surface area contributed by atoms with Crippen molar-refractivity contribution in [3.05, 3.63) is 59.3 Å². The zero-order chi connectivity index (χ0) is 17.1. The van der Waals surface area contributed by atoms with Gasteiger partial charge in [-0.05, 0) is 48.2 Å². The highest BCUT2D eigenvalue weighted by molar-refractivity contribution is 8.00. The smallest absolute Gasteiger partial charge is 0.307 e. The Labute approximate surface area is 143 Å². The molecule has 0 spiro atoms. The Morgan fingerprint density at radius 2 is 2.21 bits per heavy atom. The molecule has 0 fully saturated rings. The Bertz CT molecular complexity index is 957. The summed E-state index contributed by atoms with van der Waals surface area (Å²) in [4.78, 5) is 14.9. The van der Waals surface area contributed by atoms with Crippen molar-refractivity contribution in [2.24, 2.45) is 0 Å². The first-order valence-corrected chi connectivity index (χ1v) is 8.14. The summed E-state index contributed by atoms with van der Waals surface area (Å²) in [6.45, 7) is 1.98. The minimum absolute atomic E-state index is 0.00529. The third kappa shape index (κ3) is 3.21. The molecule has 0 bridgehead atoms. The molecule has 3 aromatic rings. The molecule has 2 aromatic carbocycles. The van der Waals surface area contributed by atoms with Crippen LogP contribution in [0.15, 0.2) is 47.5 Å². The highest BCUT2D eigenvalue weighted by atomic mass is 32.2. The Morgan fingerprint density at radius 1 is 1.38 bits per heavy atom. The van der Waals surface area contributed by atoms with Gasteiger partial charge >= 0.3 is 5.97 Å². The molecular weight excluding hydrogens is 322 g/mol. The molecule has 3 rings (SSSR count). The van der Waals surface area contributed by atoms with E-state index in [1.165, 1.54) is 11.9 Å². The fraction of sp³-hybridized carbons (Fsp3) is 0.111. The van der Waals surface area contributed by atoms with E-state index in [4.69, 9.17) is 5.11 Å². The maximum Gasteiger partial charge on any atom is 0.307 e. The van der Waals surface area contributed by atoms with E-state index >= 15 is 0 Å². The number of nitrogens with one attached hydrogen (secondary N) is 2. The van der Waals surface area contributed by atoms with Gasteiger partial charge in [0.15, 0.2) is 0 Å². The zero-order valence-corrected chi connectivity index (χ0v) is 13.8. The van der Waals surface area contributed by atoms with Gasteiger partial charge in [0.1, 0.15) is 6.07 Å². The highest BCUT2D eigenvalue weighted by Gasteiger charge is 2.10. The van der Waals surface area contributed by atoms with Gasteiger partial charge in [0.25, 0.3) is 0 Å². The Morgan fingerprint density at radius 3 is 2.96 bits per heavy atom. The summed E-state index contributed by atoms with van der Waals surface area (Å²) >= 11 is 1.41. The zero-order valence-electron chi connectivity index (χ0n) is 13.0. The average Bonchev–Trinajstić information content (AvgIpc) is 2.99. The number of fused-ring (bicyclic) bond motifs is 1. The lowest BCUT2D eigenvalue weighted by Gasteiger charge is -2.09. The number of carbonyl (C=O) groups is 1. The quantitative estimate of drug-likeness (QED) is 0.610. The third-order valence-electron chi connectivity index (χ3n) is 3.70. The Balaban J connectivity index is 1.84. The number of carboxylic acids is 1. The van der Waals surface area contributed by atoms with E-state index < -0.39 is 5.97 Å². The maximum atomic E-state index is 10.8. The maximum absolute atomic E-state index is 10.8. The van der Waals surface area contributed by atoms with E-state index in [1.807, 2.05) is 37.3 Å². The average molecular weight is 337 g/mol. The Hall–Kier alpha value is -2.91. The van der Waals surface area contributed by atoms with Crippen molar-refractivity contribution in [3.63, 3.8) is 0 Å². The minimum Gasteiger partial charge on any atom is -0.481 e. The summed E-state index contributed by atoms with van der Waals surface area (Å²) in [5, 5.41) is 19.0. The van der Waals surface area contributed by atoms with Gasteiger partial charge in [-0.1, -0.05) is 18.2 Å². The van der Waals surface area contributed by atoms with Crippen molar-refractivity contribution in [2.45, 2.75) is 18.2 Å². The molecule has 0 unspecified atom stereocenters. The SMILES string of the molecule is Cc1ccc(NSc2cccc(CC(=O)O)c2)c2[nH]cc(C#N)c12. The molecule has 24 heavy (non-hydrogen) atoms. The number of aromatic amines is 1. The second-order valence-corrected chi connectivity index (χ2v) is 6.30. The number of aryl methyl sites for hydroxylation is 1. The van der Waals surface area contributed by atoms with Gasteiger partial charge in [-0.15, -0.1) is 0 Å². The molecule has 0 aliphatic rings. The third-order valence-corrected chi connectivity index (χ3v) is 4.51. The Kier molecular flexibility index (Phi) is 4.45. The number of carboxylic acid groups (broad SMARTS) is 1. The summed E-state index contributed by atoms with van der Waals surface area (Å²) in [5.74, 6) is -0.847. The second-order valence-electron chi connectivity index (χ2n) is 5.42. The molecule has 0 atom stereocenters. The summed E-state index contributed by atoms with van der Waals surface area (Å²) in [5.41, 5.74) is 4.20. The number of aliphatic carboxylic acids is 1. The number of hydrogen-bond acceptors (Lipinski definition) is 4. The molecule has 120 valence electrons. The van der Waals surface area contributed by atoms with Crippen LogP contribution < -0.4 is 4.72 Å². The molecule has 0 aliphatic carbocycles. The van der Waals surface area contributed by atoms with Crippen LogP contribution in [0.3, 0.4) is 0 Å². The van der Waals surface area contributed by atoms with Gasteiger partial charge < -0.3 is 14.8 Å². The van der Waals surface area contributed by atoms with Crippen molar-refractivity contribution in [3.8, 4) is 6.07 Å². The van der Waals surface area contributed by atoms with E-state index in [1.54, 1.807) is 12.3 Å². The molecule has 1 heterocycles. The molecule has 0 aliphatic heterocycles. The van der Waals surface area contributed by atoms with Crippen LogP contribution in [0.4, 0.5) is 5.69 Å². The van der Waals surface area contributed by atoms with Crippen molar-refractivity contribution in [1.82, 2.24) is 4.98 Å². The van der Waals surface area contributed by atoms with Crippen molar-refractivity contribution in [1.29, 1.82) is 5.26 Å². The van der Waals surface area contributed by atoms with Gasteiger partial charge in [-0.25, -0.2) is 0 Å². The van der Waals surface area contributed by atoms with Gasteiger partial charge in [0.05, 0.1) is 23.2 Å². The minimum atomic E-state index is -0.847. The lowest BCUT2D eigenvalue weighted by Crippen LogP contribution is -1.99. The van der Waals surface area contributed by atoms with Crippen LogP contribution >= 0.6 is 11.9 Å². The van der Waals surface area contributed by atoms with Crippen molar-refractivity contribution >= 4 is 34.5 Å². The lowest BCUT2D eigenvalue weighted by atomic mass is 10.1. The fourth-order valence-corrected chi connectivity index (χ4v) is 3.36. The first kappa shape index (κ1) is 16.0. The summed E-state index contributed by atoms with van der Waals surface area (Å²) in [6, 6.07) is 13.5. The van der Waals surface area contributed by atoms with Crippen molar-refractivity contribution in [2.75, 3.05) is 4.72 Å². The predicted molar refractivity (Wildman–Crippen MR) is 95.0 cm³/mol. The molecule has 1 aromatic heterocycles. The van der Waals surface area contributed by atoms with E-state index in [-0.39, 0.29) is 6.42 Å². The molecule has 3 N–H and O–H groups in total. The monoisotopic (exact) mass is 337 g/mol. The summed E-state index contributed by atoms with van der Waals surface area (Å²) < 4.78 is 3.28. The number of hydrogen-bond donors (Lipinski definition) is 3. The summed E-state index contributed by atoms with van der Waals surface area (Å²) in [7, 11) is 0. The number of rotatable bonds is 5. The van der Waals surface area contributed by atoms with Gasteiger partial charge in [-0.2, -0.15) is 5.26 Å². The van der Waals surface area contributed by atoms with E-state index in [9.17, 15) is 10.1 Å². The predicted octanol–water partition coefficient (Wildman–Crippen LogP) is 4.09. The van der Waals surface area contributed by atoms with Gasteiger partial charge in [-0.3, -0.25) is 4.79 Å². The normalized spacial score (nSPS) is 10.5. The number of nitriles is 1. The van der Waals surface area contributed by atoms with Crippen LogP contribution in [0, 0.1) is 18.3 Å². The molecule has 6 heteroatoms. The standard InChI is InChI=1S/C18H15N3O2S/c1-11-5-6-15(18-17(11)13(9-19)10-20-18)21-24-14-4-2-3-12(7-14)8-16(22)23/h2-7,10,20-21H,8H2,1H3,(H,22,23). The van der Waals surface area contributed by atoms with Crippen LogP contribution in [0.25, 0.3) is 10.9 Å². The largest absolute Gasteiger partial charge is 0.481 e. The molecule has 0 saturated heterocycles. The van der Waals surface area contributed by atoms with Gasteiger partial charge in [0, 0.05) is 16.5 Å². The molecule has 5 nitrogen and oxygen atoms in total. The number of benzene rings is 2. The fourth-order valence-electron chi connectivity index (χ4n) is 2.60. The number of nitrogens with zero attached hydrogens (tertiary/aromatic N) is 1. The number of aromatic nitrogens is 1. The topological polar surface area (TPSA) is 88.9 Å². The van der Waals surface area contributed by atoms with E-state index in [0.29, 0.717) is 5.56 Å². The van der Waals surface area contributed by atoms with Crippen LogP contribution in [0.5, 0.6) is 0 Å². The second kappa shape index (κ2) is 6.69. The molecular formula is C18H15N3O2S. The molecule has 0 radical (unpaired) electrons. The highest BCUT2D eigenvalue weighted by Crippen LogP contribution is 2.31. The van der Waals surface area contributed by atoms with Crippen LogP contribution in [-0.4, -0.2) is 16.1 Å².